The Bertz CT molecular complexity index is 702. The number of aromatic nitrogens is 4. The number of hydrogen-bond acceptors (Lipinski definition) is 5. The highest BCUT2D eigenvalue weighted by Gasteiger charge is 2.32. The van der Waals surface area contributed by atoms with Gasteiger partial charge in [0.1, 0.15) is 11.5 Å². The van der Waals surface area contributed by atoms with E-state index in [2.05, 4.69) is 10.2 Å². The van der Waals surface area contributed by atoms with Gasteiger partial charge in [0.15, 0.2) is 0 Å². The maximum absolute atomic E-state index is 12.6. The molecule has 0 bridgehead atoms. The molecule has 0 fully saturated rings. The predicted molar refractivity (Wildman–Crippen MR) is 75.2 cm³/mol. The zero-order chi connectivity index (χ0) is 15.7. The van der Waals surface area contributed by atoms with E-state index in [0.29, 0.717) is 12.4 Å². The zero-order valence-corrected chi connectivity index (χ0v) is 12.3. The molecular formula is C12H16N6O3. The molecule has 21 heavy (non-hydrogen) atoms. The number of hydrogen-bond donors (Lipinski definition) is 0. The highest BCUT2D eigenvalue weighted by molar-refractivity contribution is 6.07. The number of aryl methyl sites for hydroxylation is 3. The van der Waals surface area contributed by atoms with E-state index >= 15 is 0 Å². The second-order valence-electron chi connectivity index (χ2n) is 4.53. The molecule has 112 valence electrons. The first-order valence-electron chi connectivity index (χ1n) is 6.36. The molecule has 2 aromatic heterocycles. The van der Waals surface area contributed by atoms with Crippen molar-refractivity contribution < 1.29 is 9.72 Å². The van der Waals surface area contributed by atoms with Gasteiger partial charge in [0.2, 0.25) is 5.69 Å². The molecule has 0 aliphatic rings. The monoisotopic (exact) mass is 292 g/mol. The van der Waals surface area contributed by atoms with Gasteiger partial charge in [-0.25, -0.2) is 0 Å². The lowest BCUT2D eigenvalue weighted by Gasteiger charge is -2.17. The van der Waals surface area contributed by atoms with Crippen LogP contribution >= 0.6 is 0 Å². The Balaban J connectivity index is 2.53. The molecule has 0 unspecified atom stereocenters. The number of anilines is 1. The van der Waals surface area contributed by atoms with Gasteiger partial charge in [-0.1, -0.05) is 0 Å². The number of carbonyl (C=O) groups excluding carboxylic acids is 1. The maximum atomic E-state index is 12.6. The van der Waals surface area contributed by atoms with Crippen LogP contribution in [-0.2, 0) is 13.6 Å². The average Bonchev–Trinajstić information content (AvgIpc) is 3.00. The first-order valence-corrected chi connectivity index (χ1v) is 6.36. The first-order chi connectivity index (χ1) is 9.88. The van der Waals surface area contributed by atoms with Gasteiger partial charge in [0.05, 0.1) is 11.1 Å². The molecule has 2 rings (SSSR count). The van der Waals surface area contributed by atoms with Crippen molar-refractivity contribution in [3.05, 3.63) is 33.8 Å². The summed E-state index contributed by atoms with van der Waals surface area (Å²) in [5, 5.41) is 19.3. The van der Waals surface area contributed by atoms with Gasteiger partial charge in [-0.15, -0.1) is 0 Å². The van der Waals surface area contributed by atoms with Crippen LogP contribution in [0.25, 0.3) is 0 Å². The summed E-state index contributed by atoms with van der Waals surface area (Å²) in [6.45, 7) is 3.66. The Morgan fingerprint density at radius 3 is 2.67 bits per heavy atom. The normalized spacial score (nSPS) is 10.7. The van der Waals surface area contributed by atoms with Crippen LogP contribution in [0.15, 0.2) is 12.3 Å². The highest BCUT2D eigenvalue weighted by Crippen LogP contribution is 2.25. The molecule has 9 heteroatoms. The molecule has 0 aromatic carbocycles. The minimum atomic E-state index is -0.571. The summed E-state index contributed by atoms with van der Waals surface area (Å²) >= 11 is 0. The van der Waals surface area contributed by atoms with Crippen LogP contribution in [0, 0.1) is 17.0 Å². The molecule has 0 spiro atoms. The lowest BCUT2D eigenvalue weighted by molar-refractivity contribution is -0.385. The van der Waals surface area contributed by atoms with Crippen LogP contribution in [0.3, 0.4) is 0 Å². The fraction of sp³-hybridized carbons (Fsp3) is 0.417. The Morgan fingerprint density at radius 1 is 1.52 bits per heavy atom. The van der Waals surface area contributed by atoms with Crippen LogP contribution in [0.4, 0.5) is 11.5 Å². The number of carbonyl (C=O) groups is 1. The number of rotatable bonds is 4. The number of amides is 1. The molecule has 0 saturated carbocycles. The second kappa shape index (κ2) is 5.35. The van der Waals surface area contributed by atoms with Crippen molar-refractivity contribution >= 4 is 17.4 Å². The minimum Gasteiger partial charge on any atom is -0.294 e. The quantitative estimate of drug-likeness (QED) is 0.621. The van der Waals surface area contributed by atoms with E-state index in [1.807, 2.05) is 0 Å². The van der Waals surface area contributed by atoms with E-state index in [-0.39, 0.29) is 17.1 Å². The molecule has 0 saturated heterocycles. The van der Waals surface area contributed by atoms with E-state index in [0.717, 1.165) is 0 Å². The van der Waals surface area contributed by atoms with Gasteiger partial charge >= 0.3 is 5.69 Å². The van der Waals surface area contributed by atoms with Crippen LogP contribution in [0.1, 0.15) is 23.1 Å². The Kier molecular flexibility index (Phi) is 3.74. The van der Waals surface area contributed by atoms with Crippen LogP contribution in [-0.4, -0.2) is 37.4 Å². The minimum absolute atomic E-state index is 0.0244. The third-order valence-corrected chi connectivity index (χ3v) is 3.22. The molecule has 2 heterocycles. The summed E-state index contributed by atoms with van der Waals surface area (Å²) in [6.07, 6.45) is 1.55. The van der Waals surface area contributed by atoms with Crippen LogP contribution in [0.2, 0.25) is 0 Å². The van der Waals surface area contributed by atoms with E-state index < -0.39 is 10.8 Å². The second-order valence-corrected chi connectivity index (χ2v) is 4.53. The topological polar surface area (TPSA) is 99.1 Å². The predicted octanol–water partition coefficient (Wildman–Crippen LogP) is 1.13. The summed E-state index contributed by atoms with van der Waals surface area (Å²) in [6, 6.07) is 1.66. The Labute approximate surface area is 120 Å². The first kappa shape index (κ1) is 14.7. The van der Waals surface area contributed by atoms with Gasteiger partial charge < -0.3 is 0 Å². The summed E-state index contributed by atoms with van der Waals surface area (Å²) in [5.41, 5.74) is -0.0526. The van der Waals surface area contributed by atoms with Gasteiger partial charge in [-0.05, 0) is 13.8 Å². The van der Waals surface area contributed by atoms with Gasteiger partial charge in [-0.3, -0.25) is 29.2 Å². The summed E-state index contributed by atoms with van der Waals surface area (Å²) in [5.74, 6) is 0.0450. The zero-order valence-electron chi connectivity index (χ0n) is 12.3. The van der Waals surface area contributed by atoms with E-state index in [9.17, 15) is 14.9 Å². The average molecular weight is 292 g/mol. The molecule has 0 atom stereocenters. The third-order valence-electron chi connectivity index (χ3n) is 3.22. The SMILES string of the molecule is CCn1nc(C)c([N+](=O)[O-])c1C(=O)N(C)c1ccnn1C. The lowest BCUT2D eigenvalue weighted by Crippen LogP contribution is -2.30. The molecule has 0 radical (unpaired) electrons. The van der Waals surface area contributed by atoms with Gasteiger partial charge in [0, 0.05) is 26.7 Å². The molecule has 9 nitrogen and oxygen atoms in total. The van der Waals surface area contributed by atoms with Crippen molar-refractivity contribution in [1.82, 2.24) is 19.6 Å². The van der Waals surface area contributed by atoms with Crippen molar-refractivity contribution in [2.75, 3.05) is 11.9 Å². The maximum Gasteiger partial charge on any atom is 0.322 e. The fourth-order valence-corrected chi connectivity index (χ4v) is 2.19. The van der Waals surface area contributed by atoms with Crippen molar-refractivity contribution in [2.45, 2.75) is 20.4 Å². The van der Waals surface area contributed by atoms with Crippen LogP contribution in [0.5, 0.6) is 0 Å². The third kappa shape index (κ3) is 2.37. The van der Waals surface area contributed by atoms with Gasteiger partial charge in [0.25, 0.3) is 5.91 Å². The molecule has 0 aliphatic carbocycles. The van der Waals surface area contributed by atoms with Crippen molar-refractivity contribution in [3.63, 3.8) is 0 Å². The van der Waals surface area contributed by atoms with Crippen LogP contribution < -0.4 is 4.90 Å². The molecule has 1 amide bonds. The van der Waals surface area contributed by atoms with Crippen molar-refractivity contribution in [3.8, 4) is 0 Å². The summed E-state index contributed by atoms with van der Waals surface area (Å²) in [4.78, 5) is 24.6. The molecular weight excluding hydrogens is 276 g/mol. The Morgan fingerprint density at radius 2 is 2.19 bits per heavy atom. The van der Waals surface area contributed by atoms with E-state index in [1.54, 1.807) is 33.3 Å². The number of nitro groups is 1. The molecule has 2 aromatic rings. The Hall–Kier alpha value is -2.71. The standard InChI is InChI=1S/C12H16N6O3/c1-5-17-11(10(18(20)21)8(2)14-17)12(19)15(3)9-6-7-13-16(9)4/h6-7H,5H2,1-4H3. The fourth-order valence-electron chi connectivity index (χ4n) is 2.19. The van der Waals surface area contributed by atoms with Crippen molar-refractivity contribution in [2.24, 2.45) is 7.05 Å². The highest BCUT2D eigenvalue weighted by atomic mass is 16.6. The van der Waals surface area contributed by atoms with E-state index in [1.165, 1.54) is 21.2 Å². The van der Waals surface area contributed by atoms with Gasteiger partial charge in [-0.2, -0.15) is 10.2 Å². The summed E-state index contributed by atoms with van der Waals surface area (Å²) < 4.78 is 2.87. The largest absolute Gasteiger partial charge is 0.322 e. The molecule has 0 N–H and O–H groups in total. The van der Waals surface area contributed by atoms with Crippen molar-refractivity contribution in [1.29, 1.82) is 0 Å². The smallest absolute Gasteiger partial charge is 0.294 e. The lowest BCUT2D eigenvalue weighted by atomic mass is 10.2. The van der Waals surface area contributed by atoms with E-state index in [4.69, 9.17) is 0 Å². The summed E-state index contributed by atoms with van der Waals surface area (Å²) in [7, 11) is 3.24. The number of nitrogens with zero attached hydrogens (tertiary/aromatic N) is 6. The molecule has 0 aliphatic heterocycles.